The van der Waals surface area contributed by atoms with Crippen molar-refractivity contribution in [2.75, 3.05) is 36.4 Å². The number of anilines is 2. The van der Waals surface area contributed by atoms with Gasteiger partial charge in [0, 0.05) is 55.1 Å². The lowest BCUT2D eigenvalue weighted by molar-refractivity contribution is -0.115. The summed E-state index contributed by atoms with van der Waals surface area (Å²) in [5.41, 5.74) is 3.42. The van der Waals surface area contributed by atoms with Crippen molar-refractivity contribution in [3.8, 4) is 11.3 Å². The fourth-order valence-corrected chi connectivity index (χ4v) is 5.72. The fourth-order valence-electron chi connectivity index (χ4n) is 4.61. The molecule has 42 heavy (non-hydrogen) atoms. The number of carbonyl (C=O) groups is 1. The summed E-state index contributed by atoms with van der Waals surface area (Å²) in [5, 5.41) is 8.01. The van der Waals surface area contributed by atoms with Gasteiger partial charge in [-0.15, -0.1) is 0 Å². The average Bonchev–Trinajstić information content (AvgIpc) is 3.44. The Bertz CT molecular complexity index is 1630. The SMILES string of the molecule is O=C(C=Cc1ccc(-c2cccc(Cl)c2Cl)o1)NC(=S)Nc1ccc(N2CCN(Cc3ccccc3Cl)CC2)c(Cl)c1. The Morgan fingerprint density at radius 3 is 2.40 bits per heavy atom. The Balaban J connectivity index is 1.11. The molecule has 6 nitrogen and oxygen atoms in total. The van der Waals surface area contributed by atoms with E-state index in [1.54, 1.807) is 42.5 Å². The van der Waals surface area contributed by atoms with Crippen LogP contribution in [0.4, 0.5) is 11.4 Å². The molecule has 1 amide bonds. The predicted molar refractivity (Wildman–Crippen MR) is 178 cm³/mol. The van der Waals surface area contributed by atoms with Gasteiger partial charge in [-0.25, -0.2) is 0 Å². The average molecular weight is 660 g/mol. The summed E-state index contributed by atoms with van der Waals surface area (Å²) in [6.45, 7) is 4.32. The molecule has 1 saturated heterocycles. The minimum Gasteiger partial charge on any atom is -0.457 e. The summed E-state index contributed by atoms with van der Waals surface area (Å²) in [7, 11) is 0. The van der Waals surface area contributed by atoms with E-state index in [0.717, 1.165) is 49.0 Å². The molecule has 0 unspecified atom stereocenters. The van der Waals surface area contributed by atoms with Gasteiger partial charge in [0.15, 0.2) is 5.11 Å². The molecular formula is C31H26Cl4N4O2S. The molecule has 4 aromatic rings. The van der Waals surface area contributed by atoms with Crippen LogP contribution in [0.1, 0.15) is 11.3 Å². The molecule has 0 bridgehead atoms. The molecule has 0 radical (unpaired) electrons. The lowest BCUT2D eigenvalue weighted by Gasteiger charge is -2.36. The topological polar surface area (TPSA) is 60.8 Å². The molecule has 1 aromatic heterocycles. The third-order valence-electron chi connectivity index (χ3n) is 6.75. The number of thiocarbonyl (C=S) groups is 1. The van der Waals surface area contributed by atoms with Crippen LogP contribution in [-0.4, -0.2) is 42.1 Å². The van der Waals surface area contributed by atoms with E-state index in [0.29, 0.717) is 37.8 Å². The van der Waals surface area contributed by atoms with Crippen molar-refractivity contribution < 1.29 is 9.21 Å². The van der Waals surface area contributed by atoms with Gasteiger partial charge >= 0.3 is 0 Å². The third-order valence-corrected chi connectivity index (χ3v) is 8.44. The molecule has 0 saturated carbocycles. The van der Waals surface area contributed by atoms with Crippen LogP contribution in [0, 0.1) is 0 Å². The quantitative estimate of drug-likeness (QED) is 0.153. The summed E-state index contributed by atoms with van der Waals surface area (Å²) >= 11 is 30.6. The number of furan rings is 1. The first-order valence-corrected chi connectivity index (χ1v) is 15.0. The highest BCUT2D eigenvalue weighted by Crippen LogP contribution is 2.34. The van der Waals surface area contributed by atoms with E-state index in [-0.39, 0.29) is 5.11 Å². The molecule has 216 valence electrons. The maximum absolute atomic E-state index is 12.4. The first kappa shape index (κ1) is 30.4. The molecule has 0 spiro atoms. The van der Waals surface area contributed by atoms with Gasteiger partial charge in [0.25, 0.3) is 0 Å². The molecule has 0 aliphatic carbocycles. The zero-order valence-electron chi connectivity index (χ0n) is 22.2. The van der Waals surface area contributed by atoms with Crippen molar-refractivity contribution in [3.05, 3.63) is 110 Å². The van der Waals surface area contributed by atoms with Crippen LogP contribution in [0.2, 0.25) is 20.1 Å². The van der Waals surface area contributed by atoms with Gasteiger partial charge in [-0.05, 0) is 72.4 Å². The number of nitrogens with zero attached hydrogens (tertiary/aromatic N) is 2. The number of carbonyl (C=O) groups excluding carboxylic acids is 1. The van der Waals surface area contributed by atoms with Crippen molar-refractivity contribution in [2.45, 2.75) is 6.54 Å². The molecule has 1 aliphatic rings. The number of hydrogen-bond donors (Lipinski definition) is 2. The zero-order chi connectivity index (χ0) is 29.6. The smallest absolute Gasteiger partial charge is 0.250 e. The summed E-state index contributed by atoms with van der Waals surface area (Å²) in [5.74, 6) is 0.602. The molecule has 0 atom stereocenters. The number of hydrogen-bond acceptors (Lipinski definition) is 5. The van der Waals surface area contributed by atoms with Gasteiger partial charge in [-0.2, -0.15) is 0 Å². The second-order valence-corrected chi connectivity index (χ2v) is 11.6. The maximum atomic E-state index is 12.4. The van der Waals surface area contributed by atoms with Gasteiger partial charge < -0.3 is 14.6 Å². The van der Waals surface area contributed by atoms with Crippen LogP contribution in [0.3, 0.4) is 0 Å². The van der Waals surface area contributed by atoms with Gasteiger partial charge in [0.1, 0.15) is 11.5 Å². The zero-order valence-corrected chi connectivity index (χ0v) is 26.1. The fraction of sp³-hybridized carbons (Fsp3) is 0.161. The van der Waals surface area contributed by atoms with E-state index in [4.69, 9.17) is 63.0 Å². The van der Waals surface area contributed by atoms with Crippen LogP contribution < -0.4 is 15.5 Å². The minimum atomic E-state index is -0.413. The van der Waals surface area contributed by atoms with E-state index < -0.39 is 5.91 Å². The summed E-state index contributed by atoms with van der Waals surface area (Å²) in [4.78, 5) is 17.1. The van der Waals surface area contributed by atoms with E-state index in [2.05, 4.69) is 26.5 Å². The maximum Gasteiger partial charge on any atom is 0.250 e. The van der Waals surface area contributed by atoms with E-state index >= 15 is 0 Å². The monoisotopic (exact) mass is 658 g/mol. The number of piperazine rings is 1. The van der Waals surface area contributed by atoms with Crippen molar-refractivity contribution in [2.24, 2.45) is 0 Å². The Hall–Kier alpha value is -3.04. The normalized spacial score (nSPS) is 13.9. The number of benzene rings is 3. The van der Waals surface area contributed by atoms with Crippen LogP contribution in [0.25, 0.3) is 17.4 Å². The molecule has 5 rings (SSSR count). The molecule has 11 heteroatoms. The number of rotatable bonds is 7. The Kier molecular flexibility index (Phi) is 10.1. The van der Waals surface area contributed by atoms with E-state index in [1.165, 1.54) is 6.08 Å². The number of halogens is 4. The van der Waals surface area contributed by atoms with E-state index in [1.807, 2.05) is 30.3 Å². The van der Waals surface area contributed by atoms with Crippen molar-refractivity contribution >= 4 is 87.1 Å². The van der Waals surface area contributed by atoms with Crippen molar-refractivity contribution in [3.63, 3.8) is 0 Å². The lowest BCUT2D eigenvalue weighted by atomic mass is 10.2. The lowest BCUT2D eigenvalue weighted by Crippen LogP contribution is -2.46. The highest BCUT2D eigenvalue weighted by Gasteiger charge is 2.20. The number of amides is 1. The van der Waals surface area contributed by atoms with Gasteiger partial charge in [-0.3, -0.25) is 15.0 Å². The van der Waals surface area contributed by atoms with E-state index in [9.17, 15) is 4.79 Å². The van der Waals surface area contributed by atoms with Crippen LogP contribution >= 0.6 is 58.6 Å². The Morgan fingerprint density at radius 2 is 1.64 bits per heavy atom. The summed E-state index contributed by atoms with van der Waals surface area (Å²) < 4.78 is 5.78. The molecule has 3 aromatic carbocycles. The third kappa shape index (κ3) is 7.67. The Morgan fingerprint density at radius 1 is 0.881 bits per heavy atom. The Labute approximate surface area is 269 Å². The summed E-state index contributed by atoms with van der Waals surface area (Å²) in [6.07, 6.45) is 2.87. The van der Waals surface area contributed by atoms with Crippen LogP contribution in [-0.2, 0) is 11.3 Å². The highest BCUT2D eigenvalue weighted by atomic mass is 35.5. The van der Waals surface area contributed by atoms with Crippen molar-refractivity contribution in [1.82, 2.24) is 10.2 Å². The van der Waals surface area contributed by atoms with Crippen molar-refractivity contribution in [1.29, 1.82) is 0 Å². The van der Waals surface area contributed by atoms with Gasteiger partial charge in [0.05, 0.1) is 20.8 Å². The summed E-state index contributed by atoms with van der Waals surface area (Å²) in [6, 6.07) is 22.4. The van der Waals surface area contributed by atoms with Gasteiger partial charge in [-0.1, -0.05) is 70.7 Å². The predicted octanol–water partition coefficient (Wildman–Crippen LogP) is 8.41. The highest BCUT2D eigenvalue weighted by molar-refractivity contribution is 7.80. The van der Waals surface area contributed by atoms with Crippen LogP contribution in [0.15, 0.2) is 83.3 Å². The first-order chi connectivity index (χ1) is 20.3. The van der Waals surface area contributed by atoms with Gasteiger partial charge in [0.2, 0.25) is 5.91 Å². The standard InChI is InChI=1S/C31H26Cl4N4O2S/c32-24-6-2-1-4-20(24)19-38-14-16-39(17-15-38)27-11-8-21(18-26(27)34)36-31(42)37-29(40)13-10-22-9-12-28(41-22)23-5-3-7-25(33)30(23)35/h1-13,18H,14-17,19H2,(H2,36,37,40,42). The molecular weight excluding hydrogens is 634 g/mol. The molecule has 2 N–H and O–H groups in total. The number of nitrogens with one attached hydrogen (secondary N) is 2. The molecule has 1 aliphatic heterocycles. The van der Waals surface area contributed by atoms with Crippen LogP contribution in [0.5, 0.6) is 0 Å². The second kappa shape index (κ2) is 14.0. The first-order valence-electron chi connectivity index (χ1n) is 13.1. The molecule has 1 fully saturated rings. The minimum absolute atomic E-state index is 0.146. The molecule has 2 heterocycles. The second-order valence-electron chi connectivity index (χ2n) is 9.60. The largest absolute Gasteiger partial charge is 0.457 e.